The summed E-state index contributed by atoms with van der Waals surface area (Å²) in [5.41, 5.74) is 0.929. The van der Waals surface area contributed by atoms with E-state index in [0.29, 0.717) is 17.2 Å². The minimum atomic E-state index is -0.374. The first-order valence-electron chi connectivity index (χ1n) is 7.63. The molecule has 1 saturated heterocycles. The predicted octanol–water partition coefficient (Wildman–Crippen LogP) is 1.84. The molecule has 1 aliphatic heterocycles. The van der Waals surface area contributed by atoms with Crippen molar-refractivity contribution in [3.05, 3.63) is 23.9 Å². The van der Waals surface area contributed by atoms with E-state index < -0.39 is 0 Å². The van der Waals surface area contributed by atoms with Gasteiger partial charge in [0.05, 0.1) is 7.11 Å². The number of pyridine rings is 1. The highest BCUT2D eigenvalue weighted by atomic mass is 16.5. The quantitative estimate of drug-likeness (QED) is 0.861. The minimum Gasteiger partial charge on any atom is -0.464 e. The van der Waals surface area contributed by atoms with Crippen molar-refractivity contribution in [3.8, 4) is 0 Å². The van der Waals surface area contributed by atoms with Crippen molar-refractivity contribution in [3.63, 3.8) is 0 Å². The predicted molar refractivity (Wildman–Crippen MR) is 81.5 cm³/mol. The zero-order valence-corrected chi connectivity index (χ0v) is 12.8. The SMILES string of the molecule is CNC1CC2(CCN(c3cccc(C(=O)OC)n3)CC2)C1. The Hall–Kier alpha value is -1.62. The smallest absolute Gasteiger partial charge is 0.356 e. The zero-order valence-electron chi connectivity index (χ0n) is 12.8. The Labute approximate surface area is 125 Å². The number of methoxy groups -OCH3 is 1. The number of hydrogen-bond acceptors (Lipinski definition) is 5. The van der Waals surface area contributed by atoms with Crippen LogP contribution in [0.4, 0.5) is 5.82 Å². The molecule has 1 saturated carbocycles. The molecule has 2 heterocycles. The Balaban J connectivity index is 1.63. The first-order chi connectivity index (χ1) is 10.2. The van der Waals surface area contributed by atoms with Crippen LogP contribution in [0.2, 0.25) is 0 Å². The molecule has 1 spiro atoms. The number of piperidine rings is 1. The van der Waals surface area contributed by atoms with Crippen molar-refractivity contribution in [2.75, 3.05) is 32.1 Å². The number of esters is 1. The van der Waals surface area contributed by atoms with E-state index in [-0.39, 0.29) is 5.97 Å². The van der Waals surface area contributed by atoms with Crippen molar-refractivity contribution >= 4 is 11.8 Å². The second-order valence-corrected chi connectivity index (χ2v) is 6.25. The average molecular weight is 289 g/mol. The highest BCUT2D eigenvalue weighted by Gasteiger charge is 2.45. The van der Waals surface area contributed by atoms with E-state index in [2.05, 4.69) is 22.2 Å². The summed E-state index contributed by atoms with van der Waals surface area (Å²) in [5, 5.41) is 3.36. The van der Waals surface area contributed by atoms with Gasteiger partial charge in [-0.3, -0.25) is 0 Å². The summed E-state index contributed by atoms with van der Waals surface area (Å²) >= 11 is 0. The lowest BCUT2D eigenvalue weighted by atomic mass is 9.60. The van der Waals surface area contributed by atoms with Gasteiger partial charge in [0, 0.05) is 19.1 Å². The summed E-state index contributed by atoms with van der Waals surface area (Å²) in [5.74, 6) is 0.512. The third kappa shape index (κ3) is 2.75. The van der Waals surface area contributed by atoms with E-state index in [9.17, 15) is 4.79 Å². The maximum Gasteiger partial charge on any atom is 0.356 e. The second kappa shape index (κ2) is 5.64. The molecule has 0 aromatic carbocycles. The van der Waals surface area contributed by atoms with Gasteiger partial charge >= 0.3 is 5.97 Å². The van der Waals surface area contributed by atoms with Crippen LogP contribution in [0, 0.1) is 5.41 Å². The number of aromatic nitrogens is 1. The maximum atomic E-state index is 11.6. The Kier molecular flexibility index (Phi) is 3.85. The molecule has 1 aromatic heterocycles. The van der Waals surface area contributed by atoms with Crippen LogP contribution in [0.5, 0.6) is 0 Å². The first kappa shape index (κ1) is 14.3. The van der Waals surface area contributed by atoms with Crippen molar-refractivity contribution in [1.82, 2.24) is 10.3 Å². The second-order valence-electron chi connectivity index (χ2n) is 6.25. The standard InChI is InChI=1S/C16H23N3O2/c1-17-12-10-16(11-12)6-8-19(9-7-16)14-5-3-4-13(18-14)15(20)21-2/h3-5,12,17H,6-11H2,1-2H3. The number of ether oxygens (including phenoxy) is 1. The molecule has 21 heavy (non-hydrogen) atoms. The summed E-state index contributed by atoms with van der Waals surface area (Å²) in [6, 6.07) is 6.25. The Morgan fingerprint density at radius 3 is 2.71 bits per heavy atom. The van der Waals surface area contributed by atoms with Crippen molar-refractivity contribution < 1.29 is 9.53 Å². The molecule has 1 aliphatic carbocycles. The van der Waals surface area contributed by atoms with Crippen molar-refractivity contribution in [2.45, 2.75) is 31.7 Å². The number of hydrogen-bond donors (Lipinski definition) is 1. The molecular formula is C16H23N3O2. The summed E-state index contributed by atoms with van der Waals surface area (Å²) in [6.07, 6.45) is 5.03. The highest BCUT2D eigenvalue weighted by molar-refractivity contribution is 5.87. The lowest BCUT2D eigenvalue weighted by Crippen LogP contribution is -2.53. The fourth-order valence-corrected chi connectivity index (χ4v) is 3.63. The van der Waals surface area contributed by atoms with Crippen LogP contribution in [-0.2, 0) is 4.74 Å². The zero-order chi connectivity index (χ0) is 14.9. The van der Waals surface area contributed by atoms with Crippen molar-refractivity contribution in [2.24, 2.45) is 5.41 Å². The Bertz CT molecular complexity index is 516. The van der Waals surface area contributed by atoms with E-state index >= 15 is 0 Å². The number of nitrogens with zero attached hydrogens (tertiary/aromatic N) is 2. The molecule has 0 radical (unpaired) electrons. The van der Waals surface area contributed by atoms with Crippen LogP contribution in [0.25, 0.3) is 0 Å². The first-order valence-corrected chi connectivity index (χ1v) is 7.63. The van der Waals surface area contributed by atoms with E-state index in [4.69, 9.17) is 4.74 Å². The fraction of sp³-hybridized carbons (Fsp3) is 0.625. The molecule has 0 unspecified atom stereocenters. The van der Waals surface area contributed by atoms with E-state index in [1.807, 2.05) is 12.1 Å². The summed E-state index contributed by atoms with van der Waals surface area (Å²) in [7, 11) is 3.44. The lowest BCUT2D eigenvalue weighted by molar-refractivity contribution is 0.0561. The number of rotatable bonds is 3. The maximum absolute atomic E-state index is 11.6. The fourth-order valence-electron chi connectivity index (χ4n) is 3.63. The average Bonchev–Trinajstić information content (AvgIpc) is 2.52. The van der Waals surface area contributed by atoms with Crippen molar-refractivity contribution in [1.29, 1.82) is 0 Å². The van der Waals surface area contributed by atoms with E-state index in [1.54, 1.807) is 6.07 Å². The van der Waals surface area contributed by atoms with Gasteiger partial charge in [-0.25, -0.2) is 9.78 Å². The van der Waals surface area contributed by atoms with E-state index in [1.165, 1.54) is 32.8 Å². The van der Waals surface area contributed by atoms with Crippen LogP contribution >= 0.6 is 0 Å². The molecule has 1 aromatic rings. The van der Waals surface area contributed by atoms with Gasteiger partial charge in [0.1, 0.15) is 5.82 Å². The summed E-state index contributed by atoms with van der Waals surface area (Å²) in [4.78, 5) is 18.3. The minimum absolute atomic E-state index is 0.374. The van der Waals surface area contributed by atoms with Gasteiger partial charge < -0.3 is 15.0 Å². The van der Waals surface area contributed by atoms with Gasteiger partial charge in [-0.1, -0.05) is 6.07 Å². The van der Waals surface area contributed by atoms with Gasteiger partial charge in [0.25, 0.3) is 0 Å². The molecule has 5 heteroatoms. The topological polar surface area (TPSA) is 54.5 Å². The van der Waals surface area contributed by atoms with E-state index in [0.717, 1.165) is 18.9 Å². The molecule has 0 atom stereocenters. The Morgan fingerprint density at radius 1 is 1.38 bits per heavy atom. The monoisotopic (exact) mass is 289 g/mol. The number of carbonyl (C=O) groups is 1. The third-order valence-electron chi connectivity index (χ3n) is 5.04. The normalized spacial score (nSPS) is 21.1. The van der Waals surface area contributed by atoms with Crippen LogP contribution in [0.1, 0.15) is 36.2 Å². The van der Waals surface area contributed by atoms with Crippen LogP contribution in [-0.4, -0.2) is 44.2 Å². The number of anilines is 1. The summed E-state index contributed by atoms with van der Waals surface area (Å²) in [6.45, 7) is 2.04. The molecule has 5 nitrogen and oxygen atoms in total. The van der Waals surface area contributed by atoms with Gasteiger partial charge in [0.15, 0.2) is 5.69 Å². The third-order valence-corrected chi connectivity index (χ3v) is 5.04. The molecule has 2 aliphatic rings. The molecule has 3 rings (SSSR count). The van der Waals surface area contributed by atoms with Gasteiger partial charge in [0.2, 0.25) is 0 Å². The summed E-state index contributed by atoms with van der Waals surface area (Å²) < 4.78 is 4.74. The largest absolute Gasteiger partial charge is 0.464 e. The molecule has 0 amide bonds. The van der Waals surface area contributed by atoms with Crippen LogP contribution in [0.15, 0.2) is 18.2 Å². The highest BCUT2D eigenvalue weighted by Crippen LogP contribution is 2.49. The van der Waals surface area contributed by atoms with Gasteiger partial charge in [-0.05, 0) is 50.3 Å². The molecule has 1 N–H and O–H groups in total. The number of carbonyl (C=O) groups excluding carboxylic acids is 1. The van der Waals surface area contributed by atoms with Gasteiger partial charge in [-0.2, -0.15) is 0 Å². The molecular weight excluding hydrogens is 266 g/mol. The van der Waals surface area contributed by atoms with Gasteiger partial charge in [-0.15, -0.1) is 0 Å². The lowest BCUT2D eigenvalue weighted by Gasteiger charge is -2.52. The number of nitrogens with one attached hydrogen (secondary N) is 1. The molecule has 114 valence electrons. The van der Waals surface area contributed by atoms with Crippen LogP contribution < -0.4 is 10.2 Å². The Morgan fingerprint density at radius 2 is 2.10 bits per heavy atom. The van der Waals surface area contributed by atoms with Crippen LogP contribution in [0.3, 0.4) is 0 Å². The molecule has 2 fully saturated rings. The molecule has 0 bridgehead atoms.